The standard InChI is InChI=1S/C15H20O4/c1-2-19-14(17)13(16)12-5-3-11(4-6-12)7-8-15(18)9-10-15/h3-6,13,16,18H,2,7-10H2,1H3. The molecule has 1 aliphatic carbocycles. The van der Waals surface area contributed by atoms with Gasteiger partial charge in [-0.05, 0) is 43.7 Å². The minimum atomic E-state index is -1.22. The lowest BCUT2D eigenvalue weighted by Gasteiger charge is -2.11. The predicted molar refractivity (Wildman–Crippen MR) is 70.5 cm³/mol. The van der Waals surface area contributed by atoms with Gasteiger partial charge >= 0.3 is 5.97 Å². The van der Waals surface area contributed by atoms with E-state index in [2.05, 4.69) is 0 Å². The van der Waals surface area contributed by atoms with Crippen molar-refractivity contribution in [3.05, 3.63) is 35.4 Å². The Balaban J connectivity index is 1.91. The smallest absolute Gasteiger partial charge is 0.339 e. The molecule has 0 aromatic heterocycles. The summed E-state index contributed by atoms with van der Waals surface area (Å²) in [6.07, 6.45) is 2.15. The maximum absolute atomic E-state index is 11.4. The van der Waals surface area contributed by atoms with Gasteiger partial charge < -0.3 is 14.9 Å². The quantitative estimate of drug-likeness (QED) is 0.768. The first-order chi connectivity index (χ1) is 9.04. The molecule has 1 unspecified atom stereocenters. The Hall–Kier alpha value is -1.39. The summed E-state index contributed by atoms with van der Waals surface area (Å²) < 4.78 is 4.77. The number of carbonyl (C=O) groups excluding carboxylic acids is 1. The monoisotopic (exact) mass is 264 g/mol. The molecule has 0 heterocycles. The average molecular weight is 264 g/mol. The van der Waals surface area contributed by atoms with Crippen LogP contribution in [0.5, 0.6) is 0 Å². The molecule has 1 aromatic carbocycles. The van der Waals surface area contributed by atoms with E-state index in [-0.39, 0.29) is 6.61 Å². The van der Waals surface area contributed by atoms with E-state index in [9.17, 15) is 15.0 Å². The van der Waals surface area contributed by atoms with Gasteiger partial charge in [0.25, 0.3) is 0 Å². The number of esters is 1. The summed E-state index contributed by atoms with van der Waals surface area (Å²) in [6, 6.07) is 7.22. The molecule has 0 radical (unpaired) electrons. The predicted octanol–water partition coefficient (Wildman–Crippen LogP) is 1.74. The Morgan fingerprint density at radius 2 is 2.00 bits per heavy atom. The number of aliphatic hydroxyl groups is 2. The summed E-state index contributed by atoms with van der Waals surface area (Å²) >= 11 is 0. The van der Waals surface area contributed by atoms with E-state index in [1.54, 1.807) is 19.1 Å². The largest absolute Gasteiger partial charge is 0.464 e. The number of hydrogen-bond acceptors (Lipinski definition) is 4. The zero-order valence-corrected chi connectivity index (χ0v) is 11.1. The van der Waals surface area contributed by atoms with Crippen molar-refractivity contribution in [3.63, 3.8) is 0 Å². The molecule has 2 rings (SSSR count). The summed E-state index contributed by atoms with van der Waals surface area (Å²) in [5.41, 5.74) is 1.19. The van der Waals surface area contributed by atoms with Gasteiger partial charge in [0.1, 0.15) is 0 Å². The summed E-state index contributed by atoms with van der Waals surface area (Å²) in [5, 5.41) is 19.5. The van der Waals surface area contributed by atoms with Crippen molar-refractivity contribution >= 4 is 5.97 Å². The van der Waals surface area contributed by atoms with Crippen LogP contribution in [-0.2, 0) is 16.0 Å². The second kappa shape index (κ2) is 5.72. The lowest BCUT2D eigenvalue weighted by atomic mass is 10.0. The Labute approximate surface area is 113 Å². The lowest BCUT2D eigenvalue weighted by Crippen LogP contribution is -2.15. The Morgan fingerprint density at radius 1 is 1.37 bits per heavy atom. The molecule has 0 aliphatic heterocycles. The number of benzene rings is 1. The molecule has 0 saturated heterocycles. The van der Waals surface area contributed by atoms with E-state index >= 15 is 0 Å². The van der Waals surface area contributed by atoms with Crippen LogP contribution in [0.3, 0.4) is 0 Å². The SMILES string of the molecule is CCOC(=O)C(O)c1ccc(CCC2(O)CC2)cc1. The summed E-state index contributed by atoms with van der Waals surface area (Å²) in [5.74, 6) is -0.623. The minimum absolute atomic E-state index is 0.257. The number of carbonyl (C=O) groups is 1. The molecule has 0 amide bonds. The molecule has 0 bridgehead atoms. The van der Waals surface area contributed by atoms with Gasteiger partial charge in [0.15, 0.2) is 6.10 Å². The normalized spacial score (nSPS) is 17.8. The van der Waals surface area contributed by atoms with Crippen LogP contribution in [0.15, 0.2) is 24.3 Å². The third kappa shape index (κ3) is 3.78. The van der Waals surface area contributed by atoms with Gasteiger partial charge in [-0.1, -0.05) is 24.3 Å². The van der Waals surface area contributed by atoms with Crippen molar-refractivity contribution < 1.29 is 19.7 Å². The number of rotatable bonds is 6. The van der Waals surface area contributed by atoms with E-state index in [4.69, 9.17) is 4.74 Å². The molecule has 1 saturated carbocycles. The molecule has 104 valence electrons. The highest BCUT2D eigenvalue weighted by Crippen LogP contribution is 2.39. The highest BCUT2D eigenvalue weighted by molar-refractivity contribution is 5.76. The van der Waals surface area contributed by atoms with Gasteiger partial charge in [0, 0.05) is 0 Å². The van der Waals surface area contributed by atoms with Crippen molar-refractivity contribution in [2.24, 2.45) is 0 Å². The van der Waals surface area contributed by atoms with Gasteiger partial charge in [-0.3, -0.25) is 0 Å². The summed E-state index contributed by atoms with van der Waals surface area (Å²) in [4.78, 5) is 11.4. The first-order valence-corrected chi connectivity index (χ1v) is 6.70. The van der Waals surface area contributed by atoms with E-state index in [1.807, 2.05) is 12.1 Å². The Kier molecular flexibility index (Phi) is 4.22. The van der Waals surface area contributed by atoms with Gasteiger partial charge in [-0.25, -0.2) is 4.79 Å². The fourth-order valence-corrected chi connectivity index (χ4v) is 2.00. The van der Waals surface area contributed by atoms with Crippen LogP contribution in [0.1, 0.15) is 43.4 Å². The third-order valence-corrected chi connectivity index (χ3v) is 3.51. The van der Waals surface area contributed by atoms with Crippen molar-refractivity contribution in [2.75, 3.05) is 6.61 Å². The number of aryl methyl sites for hydroxylation is 1. The molecule has 1 aliphatic rings. The maximum Gasteiger partial charge on any atom is 0.339 e. The van der Waals surface area contributed by atoms with Crippen LogP contribution >= 0.6 is 0 Å². The Bertz CT molecular complexity index is 434. The van der Waals surface area contributed by atoms with E-state index in [1.165, 1.54) is 0 Å². The lowest BCUT2D eigenvalue weighted by molar-refractivity contribution is -0.153. The average Bonchev–Trinajstić information content (AvgIpc) is 3.15. The zero-order chi connectivity index (χ0) is 13.9. The fourth-order valence-electron chi connectivity index (χ4n) is 2.00. The van der Waals surface area contributed by atoms with E-state index in [0.717, 1.165) is 31.2 Å². The van der Waals surface area contributed by atoms with Gasteiger partial charge in [0.2, 0.25) is 0 Å². The van der Waals surface area contributed by atoms with E-state index in [0.29, 0.717) is 5.56 Å². The second-order valence-electron chi connectivity index (χ2n) is 5.12. The van der Waals surface area contributed by atoms with Gasteiger partial charge in [0.05, 0.1) is 12.2 Å². The molecule has 4 nitrogen and oxygen atoms in total. The fraction of sp³-hybridized carbons (Fsp3) is 0.533. The van der Waals surface area contributed by atoms with Crippen LogP contribution < -0.4 is 0 Å². The van der Waals surface area contributed by atoms with Crippen molar-refractivity contribution in [1.29, 1.82) is 0 Å². The molecule has 1 fully saturated rings. The molecule has 2 N–H and O–H groups in total. The first-order valence-electron chi connectivity index (χ1n) is 6.70. The first kappa shape index (κ1) is 14.0. The Morgan fingerprint density at radius 3 is 2.53 bits per heavy atom. The highest BCUT2D eigenvalue weighted by atomic mass is 16.5. The molecule has 1 aromatic rings. The zero-order valence-electron chi connectivity index (χ0n) is 11.1. The second-order valence-corrected chi connectivity index (χ2v) is 5.12. The van der Waals surface area contributed by atoms with Crippen molar-refractivity contribution in [3.8, 4) is 0 Å². The van der Waals surface area contributed by atoms with Crippen LogP contribution in [0.2, 0.25) is 0 Å². The summed E-state index contributed by atoms with van der Waals surface area (Å²) in [7, 11) is 0. The van der Waals surface area contributed by atoms with Crippen LogP contribution in [0.4, 0.5) is 0 Å². The molecular weight excluding hydrogens is 244 g/mol. The minimum Gasteiger partial charge on any atom is -0.464 e. The number of ether oxygens (including phenoxy) is 1. The molecule has 4 heteroatoms. The van der Waals surface area contributed by atoms with Crippen LogP contribution in [0, 0.1) is 0 Å². The molecule has 19 heavy (non-hydrogen) atoms. The highest BCUT2D eigenvalue weighted by Gasteiger charge is 2.39. The third-order valence-electron chi connectivity index (χ3n) is 3.51. The van der Waals surface area contributed by atoms with Crippen LogP contribution in [0.25, 0.3) is 0 Å². The molecule has 1 atom stereocenters. The number of aliphatic hydroxyl groups excluding tert-OH is 1. The topological polar surface area (TPSA) is 66.8 Å². The van der Waals surface area contributed by atoms with E-state index < -0.39 is 17.7 Å². The van der Waals surface area contributed by atoms with Crippen molar-refractivity contribution in [2.45, 2.75) is 44.3 Å². The van der Waals surface area contributed by atoms with Crippen LogP contribution in [-0.4, -0.2) is 28.4 Å². The molecule has 0 spiro atoms. The molecular formula is C15H20O4. The van der Waals surface area contributed by atoms with Gasteiger partial charge in [-0.15, -0.1) is 0 Å². The summed E-state index contributed by atoms with van der Waals surface area (Å²) in [6.45, 7) is 1.96. The maximum atomic E-state index is 11.4. The number of hydrogen-bond donors (Lipinski definition) is 2. The van der Waals surface area contributed by atoms with Gasteiger partial charge in [-0.2, -0.15) is 0 Å². The van der Waals surface area contributed by atoms with Crippen molar-refractivity contribution in [1.82, 2.24) is 0 Å².